The highest BCUT2D eigenvalue weighted by atomic mass is 16.5. The number of hydrogen-bond donors (Lipinski definition) is 1. The number of anilines is 1. The van der Waals surface area contributed by atoms with Crippen LogP contribution in [0.1, 0.15) is 36.3 Å². The van der Waals surface area contributed by atoms with Gasteiger partial charge in [-0.05, 0) is 31.9 Å². The summed E-state index contributed by atoms with van der Waals surface area (Å²) in [5.41, 5.74) is 1.63. The molecule has 1 unspecified atom stereocenters. The lowest BCUT2D eigenvalue weighted by molar-refractivity contribution is 0.0562. The Balaban J connectivity index is 2.22. The van der Waals surface area contributed by atoms with E-state index < -0.39 is 0 Å². The lowest BCUT2D eigenvalue weighted by Crippen LogP contribution is -2.36. The predicted molar refractivity (Wildman–Crippen MR) is 79.1 cm³/mol. The molecule has 1 aromatic rings. The Hall–Kier alpha value is -1.62. The standard InChI is InChI=1S/C15H23N3O2/c1-4-13-8-12(9-14(16-3)17-13)15(19)18-6-5-7-20-11(2)10-18/h8-9,11H,4-7,10H2,1-3H3,(H,16,17). The number of carbonyl (C=O) groups is 1. The molecule has 1 aliphatic rings. The first-order chi connectivity index (χ1) is 9.63. The third kappa shape index (κ3) is 3.48. The topological polar surface area (TPSA) is 54.5 Å². The van der Waals surface area contributed by atoms with E-state index in [2.05, 4.69) is 10.3 Å². The van der Waals surface area contributed by atoms with Gasteiger partial charge in [0.2, 0.25) is 0 Å². The molecule has 5 heteroatoms. The zero-order valence-electron chi connectivity index (χ0n) is 12.5. The Morgan fingerprint density at radius 3 is 3.05 bits per heavy atom. The minimum atomic E-state index is 0.0657. The molecule has 0 spiro atoms. The normalized spacial score (nSPS) is 19.6. The van der Waals surface area contributed by atoms with Gasteiger partial charge >= 0.3 is 0 Å². The summed E-state index contributed by atoms with van der Waals surface area (Å²) in [6, 6.07) is 3.71. The van der Waals surface area contributed by atoms with Crippen molar-refractivity contribution < 1.29 is 9.53 Å². The van der Waals surface area contributed by atoms with E-state index in [9.17, 15) is 4.79 Å². The lowest BCUT2D eigenvalue weighted by atomic mass is 10.1. The van der Waals surface area contributed by atoms with Gasteiger partial charge in [0.05, 0.1) is 6.10 Å². The van der Waals surface area contributed by atoms with E-state index >= 15 is 0 Å². The maximum Gasteiger partial charge on any atom is 0.254 e. The van der Waals surface area contributed by atoms with Crippen molar-refractivity contribution in [2.75, 3.05) is 32.1 Å². The molecule has 20 heavy (non-hydrogen) atoms. The van der Waals surface area contributed by atoms with Gasteiger partial charge in [-0.1, -0.05) is 6.92 Å². The summed E-state index contributed by atoms with van der Waals surface area (Å²) >= 11 is 0. The van der Waals surface area contributed by atoms with E-state index in [1.54, 1.807) is 0 Å². The number of carbonyl (C=O) groups excluding carboxylic acids is 1. The highest BCUT2D eigenvalue weighted by Crippen LogP contribution is 2.15. The van der Waals surface area contributed by atoms with Crippen LogP contribution in [0.25, 0.3) is 0 Å². The molecule has 2 rings (SSSR count). The number of pyridine rings is 1. The molecule has 5 nitrogen and oxygen atoms in total. The molecule has 1 saturated heterocycles. The molecule has 0 bridgehead atoms. The number of aryl methyl sites for hydroxylation is 1. The van der Waals surface area contributed by atoms with Crippen molar-refractivity contribution in [3.8, 4) is 0 Å². The van der Waals surface area contributed by atoms with Crippen molar-refractivity contribution >= 4 is 11.7 Å². The third-order valence-corrected chi connectivity index (χ3v) is 3.48. The molecule has 1 aliphatic heterocycles. The second-order valence-electron chi connectivity index (χ2n) is 5.12. The van der Waals surface area contributed by atoms with Crippen molar-refractivity contribution in [2.45, 2.75) is 32.8 Å². The van der Waals surface area contributed by atoms with Gasteiger partial charge in [0, 0.05) is 38.0 Å². The number of amides is 1. The van der Waals surface area contributed by atoms with Gasteiger partial charge in [0.1, 0.15) is 5.82 Å². The Kier molecular flexibility index (Phi) is 4.95. The molecule has 110 valence electrons. The number of hydrogen-bond acceptors (Lipinski definition) is 4. The van der Waals surface area contributed by atoms with Crippen LogP contribution >= 0.6 is 0 Å². The Morgan fingerprint density at radius 1 is 1.55 bits per heavy atom. The second kappa shape index (κ2) is 6.70. The van der Waals surface area contributed by atoms with Crippen LogP contribution in [-0.2, 0) is 11.2 Å². The van der Waals surface area contributed by atoms with Crippen molar-refractivity contribution in [1.29, 1.82) is 0 Å². The fraction of sp³-hybridized carbons (Fsp3) is 0.600. The van der Waals surface area contributed by atoms with Gasteiger partial charge in [-0.3, -0.25) is 4.79 Å². The molecule has 1 atom stereocenters. The molecule has 1 N–H and O–H groups in total. The first-order valence-electron chi connectivity index (χ1n) is 7.23. The lowest BCUT2D eigenvalue weighted by Gasteiger charge is -2.22. The Morgan fingerprint density at radius 2 is 2.35 bits per heavy atom. The van der Waals surface area contributed by atoms with Crippen molar-refractivity contribution in [1.82, 2.24) is 9.88 Å². The predicted octanol–water partition coefficient (Wildman–Crippen LogP) is 1.94. The monoisotopic (exact) mass is 277 g/mol. The highest BCUT2D eigenvalue weighted by molar-refractivity contribution is 5.95. The summed E-state index contributed by atoms with van der Waals surface area (Å²) in [5, 5.41) is 3.01. The number of nitrogens with one attached hydrogen (secondary N) is 1. The van der Waals surface area contributed by atoms with E-state index in [1.165, 1.54) is 0 Å². The quantitative estimate of drug-likeness (QED) is 0.917. The van der Waals surface area contributed by atoms with Gasteiger partial charge in [0.25, 0.3) is 5.91 Å². The summed E-state index contributed by atoms with van der Waals surface area (Å²) in [5.74, 6) is 0.808. The number of rotatable bonds is 3. The summed E-state index contributed by atoms with van der Waals surface area (Å²) in [4.78, 5) is 19.0. The van der Waals surface area contributed by atoms with Gasteiger partial charge in [0.15, 0.2) is 0 Å². The minimum absolute atomic E-state index is 0.0657. The minimum Gasteiger partial charge on any atom is -0.377 e. The van der Waals surface area contributed by atoms with E-state index in [0.29, 0.717) is 12.1 Å². The van der Waals surface area contributed by atoms with Crippen LogP contribution < -0.4 is 5.32 Å². The Labute approximate surface area is 120 Å². The zero-order valence-corrected chi connectivity index (χ0v) is 12.5. The summed E-state index contributed by atoms with van der Waals surface area (Å²) in [6.45, 7) is 6.18. The van der Waals surface area contributed by atoms with Gasteiger partial charge < -0.3 is 15.0 Å². The van der Waals surface area contributed by atoms with Crippen molar-refractivity contribution in [3.05, 3.63) is 23.4 Å². The van der Waals surface area contributed by atoms with Crippen LogP contribution in [0, 0.1) is 0 Å². The molecule has 1 fully saturated rings. The first kappa shape index (κ1) is 14.8. The largest absolute Gasteiger partial charge is 0.377 e. The fourth-order valence-corrected chi connectivity index (χ4v) is 2.38. The van der Waals surface area contributed by atoms with Crippen LogP contribution in [0.3, 0.4) is 0 Å². The SMILES string of the molecule is CCc1cc(C(=O)N2CCCOC(C)C2)cc(NC)n1. The van der Waals surface area contributed by atoms with Crippen LogP contribution in [0.15, 0.2) is 12.1 Å². The summed E-state index contributed by atoms with van der Waals surface area (Å²) in [7, 11) is 1.82. The summed E-state index contributed by atoms with van der Waals surface area (Å²) < 4.78 is 5.59. The number of aromatic nitrogens is 1. The van der Waals surface area contributed by atoms with E-state index in [4.69, 9.17) is 4.74 Å². The molecule has 0 aromatic carbocycles. The fourth-order valence-electron chi connectivity index (χ4n) is 2.38. The maximum absolute atomic E-state index is 12.6. The molecule has 1 amide bonds. The van der Waals surface area contributed by atoms with Gasteiger partial charge in [-0.2, -0.15) is 0 Å². The molecular weight excluding hydrogens is 254 g/mol. The Bertz CT molecular complexity index is 454. The third-order valence-electron chi connectivity index (χ3n) is 3.48. The number of ether oxygens (including phenoxy) is 1. The van der Waals surface area contributed by atoms with Crippen LogP contribution in [0.2, 0.25) is 0 Å². The highest BCUT2D eigenvalue weighted by Gasteiger charge is 2.21. The first-order valence-corrected chi connectivity index (χ1v) is 7.23. The average molecular weight is 277 g/mol. The van der Waals surface area contributed by atoms with Crippen molar-refractivity contribution in [3.63, 3.8) is 0 Å². The van der Waals surface area contributed by atoms with Crippen LogP contribution in [0.5, 0.6) is 0 Å². The van der Waals surface area contributed by atoms with Crippen molar-refractivity contribution in [2.24, 2.45) is 0 Å². The van der Waals surface area contributed by atoms with Crippen LogP contribution in [-0.4, -0.2) is 48.6 Å². The van der Waals surface area contributed by atoms with Crippen LogP contribution in [0.4, 0.5) is 5.82 Å². The number of nitrogens with zero attached hydrogens (tertiary/aromatic N) is 2. The molecule has 2 heterocycles. The van der Waals surface area contributed by atoms with E-state index in [1.807, 2.05) is 37.9 Å². The molecule has 0 aliphatic carbocycles. The van der Waals surface area contributed by atoms with E-state index in [0.717, 1.165) is 37.5 Å². The smallest absolute Gasteiger partial charge is 0.254 e. The molecule has 0 radical (unpaired) electrons. The zero-order chi connectivity index (χ0) is 14.5. The van der Waals surface area contributed by atoms with Gasteiger partial charge in [-0.25, -0.2) is 4.98 Å². The van der Waals surface area contributed by atoms with Gasteiger partial charge in [-0.15, -0.1) is 0 Å². The second-order valence-corrected chi connectivity index (χ2v) is 5.12. The maximum atomic E-state index is 12.6. The molecule has 1 aromatic heterocycles. The molecular formula is C15H23N3O2. The molecule has 0 saturated carbocycles. The summed E-state index contributed by atoms with van der Waals surface area (Å²) in [6.07, 6.45) is 1.80. The van der Waals surface area contributed by atoms with E-state index in [-0.39, 0.29) is 12.0 Å². The average Bonchev–Trinajstić information content (AvgIpc) is 2.70.